The lowest BCUT2D eigenvalue weighted by atomic mass is 10.1. The zero-order valence-corrected chi connectivity index (χ0v) is 10.2. The number of likely N-dealkylation sites (tertiary alicyclic amines) is 1. The molecule has 1 heterocycles. The van der Waals surface area contributed by atoms with Gasteiger partial charge < -0.3 is 4.90 Å². The molecule has 1 fully saturated rings. The lowest BCUT2D eigenvalue weighted by molar-refractivity contribution is 0.000965. The fraction of sp³-hybridized carbons (Fsp3) is 0.417. The van der Waals surface area contributed by atoms with Crippen molar-refractivity contribution in [1.29, 1.82) is 0 Å². The molecule has 17 heavy (non-hydrogen) atoms. The Bertz CT molecular complexity index is 411. The lowest BCUT2D eigenvalue weighted by Gasteiger charge is -2.31. The molecule has 1 aliphatic heterocycles. The van der Waals surface area contributed by atoms with E-state index in [1.54, 1.807) is 29.2 Å². The molecule has 0 bridgehead atoms. The summed E-state index contributed by atoms with van der Waals surface area (Å²) in [6.07, 6.45) is 1.75. The van der Waals surface area contributed by atoms with Crippen molar-refractivity contribution in [2.45, 2.75) is 18.9 Å². The second kappa shape index (κ2) is 5.49. The van der Waals surface area contributed by atoms with Crippen LogP contribution in [0.3, 0.4) is 0 Å². The summed E-state index contributed by atoms with van der Waals surface area (Å²) in [7, 11) is 0. The van der Waals surface area contributed by atoms with Gasteiger partial charge in [0.1, 0.15) is 0 Å². The zero-order chi connectivity index (χ0) is 12.3. The third kappa shape index (κ3) is 2.97. The van der Waals surface area contributed by atoms with Crippen LogP contribution in [0.5, 0.6) is 0 Å². The molecule has 1 amide bonds. The first-order valence-corrected chi connectivity index (χ1v) is 5.99. The molecular weight excluding hydrogens is 240 g/mol. The van der Waals surface area contributed by atoms with Gasteiger partial charge in [-0.3, -0.25) is 9.63 Å². The second-order valence-electron chi connectivity index (χ2n) is 4.16. The van der Waals surface area contributed by atoms with Crippen molar-refractivity contribution in [3.05, 3.63) is 34.9 Å². The third-order valence-corrected chi connectivity index (χ3v) is 3.16. The molecule has 1 aliphatic rings. The van der Waals surface area contributed by atoms with Gasteiger partial charge in [0.2, 0.25) is 0 Å². The van der Waals surface area contributed by atoms with E-state index in [0.29, 0.717) is 17.1 Å². The molecule has 5 heteroatoms. The number of rotatable bonds is 2. The van der Waals surface area contributed by atoms with E-state index in [1.807, 2.05) is 0 Å². The maximum absolute atomic E-state index is 12.2. The van der Waals surface area contributed by atoms with Gasteiger partial charge in [-0.2, -0.15) is 0 Å². The zero-order valence-electron chi connectivity index (χ0n) is 9.43. The molecule has 2 N–H and O–H groups in total. The molecule has 4 nitrogen and oxygen atoms in total. The molecular formula is C12H15ClN2O2. The van der Waals surface area contributed by atoms with E-state index < -0.39 is 0 Å². The highest BCUT2D eigenvalue weighted by molar-refractivity contribution is 6.30. The fourth-order valence-corrected chi connectivity index (χ4v) is 2.23. The van der Waals surface area contributed by atoms with E-state index in [-0.39, 0.29) is 12.0 Å². The molecule has 0 saturated carbocycles. The number of benzene rings is 1. The maximum atomic E-state index is 12.2. The van der Waals surface area contributed by atoms with Gasteiger partial charge >= 0.3 is 0 Å². The van der Waals surface area contributed by atoms with Gasteiger partial charge in [0.15, 0.2) is 0 Å². The average molecular weight is 255 g/mol. The van der Waals surface area contributed by atoms with Crippen molar-refractivity contribution in [2.75, 3.05) is 13.1 Å². The third-order valence-electron chi connectivity index (χ3n) is 2.93. The number of nitrogens with zero attached hydrogens (tertiary/aromatic N) is 1. The van der Waals surface area contributed by atoms with Crippen LogP contribution in [0.15, 0.2) is 24.3 Å². The molecule has 1 atom stereocenters. The van der Waals surface area contributed by atoms with Crippen molar-refractivity contribution in [3.63, 3.8) is 0 Å². The number of nitrogens with two attached hydrogens (primary N) is 1. The fourth-order valence-electron chi connectivity index (χ4n) is 2.04. The van der Waals surface area contributed by atoms with Gasteiger partial charge in [-0.1, -0.05) is 17.7 Å². The lowest BCUT2D eigenvalue weighted by Crippen LogP contribution is -2.44. The molecule has 2 rings (SSSR count). The standard InChI is InChI=1S/C12H15ClN2O2/c13-10-4-1-3-9(7-10)12(16)15-6-2-5-11(8-15)17-14/h1,3-4,7,11H,2,5-6,8,14H2. The highest BCUT2D eigenvalue weighted by Crippen LogP contribution is 2.17. The number of carbonyl (C=O) groups is 1. The SMILES string of the molecule is NOC1CCCN(C(=O)c2cccc(Cl)c2)C1. The van der Waals surface area contributed by atoms with Gasteiger partial charge in [0.25, 0.3) is 5.91 Å². The number of halogens is 1. The quantitative estimate of drug-likeness (QED) is 0.820. The predicted octanol–water partition coefficient (Wildman–Crippen LogP) is 1.83. The number of hydrogen-bond acceptors (Lipinski definition) is 3. The highest BCUT2D eigenvalue weighted by Gasteiger charge is 2.24. The minimum atomic E-state index is -0.0631. The van der Waals surface area contributed by atoms with Crippen LogP contribution < -0.4 is 5.90 Å². The minimum Gasteiger partial charge on any atom is -0.336 e. The maximum Gasteiger partial charge on any atom is 0.253 e. The number of piperidine rings is 1. The Morgan fingerprint density at radius 1 is 1.53 bits per heavy atom. The van der Waals surface area contributed by atoms with Gasteiger partial charge in [0.05, 0.1) is 6.10 Å². The summed E-state index contributed by atoms with van der Waals surface area (Å²) in [6.45, 7) is 1.28. The monoisotopic (exact) mass is 254 g/mol. The molecule has 0 aliphatic carbocycles. The largest absolute Gasteiger partial charge is 0.336 e. The van der Waals surface area contributed by atoms with E-state index >= 15 is 0 Å². The van der Waals surface area contributed by atoms with E-state index in [0.717, 1.165) is 19.4 Å². The van der Waals surface area contributed by atoms with Gasteiger partial charge in [-0.15, -0.1) is 0 Å². The van der Waals surface area contributed by atoms with Crippen LogP contribution in [0.25, 0.3) is 0 Å². The number of hydrogen-bond donors (Lipinski definition) is 1. The average Bonchev–Trinajstić information content (AvgIpc) is 2.38. The molecule has 1 aromatic carbocycles. The molecule has 1 unspecified atom stereocenters. The summed E-state index contributed by atoms with van der Waals surface area (Å²) in [5.74, 6) is 5.15. The van der Waals surface area contributed by atoms with E-state index in [4.69, 9.17) is 22.3 Å². The van der Waals surface area contributed by atoms with E-state index in [9.17, 15) is 4.79 Å². The number of carbonyl (C=O) groups excluding carboxylic acids is 1. The van der Waals surface area contributed by atoms with E-state index in [2.05, 4.69) is 0 Å². The summed E-state index contributed by atoms with van der Waals surface area (Å²) in [4.78, 5) is 18.8. The van der Waals surface area contributed by atoms with E-state index in [1.165, 1.54) is 0 Å². The Morgan fingerprint density at radius 3 is 3.06 bits per heavy atom. The molecule has 1 aromatic rings. The first-order chi connectivity index (χ1) is 8.20. The Labute approximate surface area is 105 Å². The topological polar surface area (TPSA) is 55.6 Å². The summed E-state index contributed by atoms with van der Waals surface area (Å²) in [6, 6.07) is 6.97. The van der Waals surface area contributed by atoms with Crippen molar-refractivity contribution in [3.8, 4) is 0 Å². The summed E-state index contributed by atoms with van der Waals surface area (Å²) >= 11 is 5.87. The highest BCUT2D eigenvalue weighted by atomic mass is 35.5. The molecule has 1 saturated heterocycles. The first kappa shape index (κ1) is 12.4. The van der Waals surface area contributed by atoms with Crippen molar-refractivity contribution < 1.29 is 9.63 Å². The molecule has 0 radical (unpaired) electrons. The normalized spacial score (nSPS) is 20.4. The van der Waals surface area contributed by atoms with Crippen LogP contribution in [0.4, 0.5) is 0 Å². The smallest absolute Gasteiger partial charge is 0.253 e. The van der Waals surface area contributed by atoms with Crippen molar-refractivity contribution >= 4 is 17.5 Å². The van der Waals surface area contributed by atoms with Gasteiger partial charge in [0, 0.05) is 23.7 Å². The first-order valence-electron chi connectivity index (χ1n) is 5.61. The Balaban J connectivity index is 2.09. The van der Waals surface area contributed by atoms with Crippen molar-refractivity contribution in [2.24, 2.45) is 5.90 Å². The summed E-state index contributed by atoms with van der Waals surface area (Å²) < 4.78 is 0. The molecule has 0 spiro atoms. The van der Waals surface area contributed by atoms with Crippen LogP contribution >= 0.6 is 11.6 Å². The minimum absolute atomic E-state index is 0.0192. The van der Waals surface area contributed by atoms with Gasteiger partial charge in [-0.05, 0) is 31.0 Å². The van der Waals surface area contributed by atoms with Crippen LogP contribution in [-0.2, 0) is 4.84 Å². The van der Waals surface area contributed by atoms with Crippen LogP contribution in [0, 0.1) is 0 Å². The Morgan fingerprint density at radius 2 is 2.35 bits per heavy atom. The Hall–Kier alpha value is -1.10. The van der Waals surface area contributed by atoms with Crippen LogP contribution in [0.2, 0.25) is 5.02 Å². The van der Waals surface area contributed by atoms with Crippen molar-refractivity contribution in [1.82, 2.24) is 4.90 Å². The molecule has 0 aromatic heterocycles. The molecule has 92 valence electrons. The number of amides is 1. The Kier molecular flexibility index (Phi) is 3.99. The summed E-state index contributed by atoms with van der Waals surface area (Å²) in [5.41, 5.74) is 0.607. The predicted molar refractivity (Wildman–Crippen MR) is 65.6 cm³/mol. The van der Waals surface area contributed by atoms with Crippen LogP contribution in [-0.4, -0.2) is 30.0 Å². The van der Waals surface area contributed by atoms with Gasteiger partial charge in [-0.25, -0.2) is 5.90 Å². The second-order valence-corrected chi connectivity index (χ2v) is 4.60. The summed E-state index contributed by atoms with van der Waals surface area (Å²) in [5, 5.41) is 0.569. The van der Waals surface area contributed by atoms with Crippen LogP contribution in [0.1, 0.15) is 23.2 Å².